The molecule has 4 nitrogen and oxygen atoms in total. The fourth-order valence-electron chi connectivity index (χ4n) is 1.58. The second-order valence-corrected chi connectivity index (χ2v) is 4.83. The first-order chi connectivity index (χ1) is 8.59. The van der Waals surface area contributed by atoms with E-state index >= 15 is 0 Å². The molecular weight excluding hydrogens is 252 g/mol. The van der Waals surface area contributed by atoms with Crippen LogP contribution in [0.25, 0.3) is 5.57 Å². The lowest BCUT2D eigenvalue weighted by Crippen LogP contribution is -2.18. The van der Waals surface area contributed by atoms with E-state index in [1.807, 2.05) is 24.3 Å². The van der Waals surface area contributed by atoms with Crippen molar-refractivity contribution in [3.05, 3.63) is 41.7 Å². The number of ether oxygens (including phenoxy) is 1. The van der Waals surface area contributed by atoms with Crippen molar-refractivity contribution in [3.63, 3.8) is 0 Å². The Balaban J connectivity index is 2.29. The number of aliphatic carboxylic acids is 1. The molecule has 5 heteroatoms. The van der Waals surface area contributed by atoms with Crippen LogP contribution < -0.4 is 0 Å². The van der Waals surface area contributed by atoms with Crippen LogP contribution in [0.2, 0.25) is 0 Å². The number of carbonyl (C=O) groups is 2. The molecule has 0 saturated carbocycles. The maximum absolute atomic E-state index is 11.8. The minimum Gasteiger partial charge on any atom is -0.486 e. The Morgan fingerprint density at radius 1 is 1.50 bits per heavy atom. The van der Waals surface area contributed by atoms with Crippen LogP contribution >= 0.6 is 11.8 Å². The van der Waals surface area contributed by atoms with E-state index in [0.717, 1.165) is 11.1 Å². The molecular formula is C13H12O4S. The minimum absolute atomic E-state index is 0.0914. The molecule has 0 amide bonds. The SMILES string of the molecule is CC(O/C=C1/C(=O)SCc2ccccc21)C(=O)O. The Morgan fingerprint density at radius 2 is 2.22 bits per heavy atom. The second-order valence-electron chi connectivity index (χ2n) is 3.88. The zero-order chi connectivity index (χ0) is 13.1. The zero-order valence-electron chi connectivity index (χ0n) is 9.75. The van der Waals surface area contributed by atoms with Gasteiger partial charge in [0.05, 0.1) is 11.8 Å². The van der Waals surface area contributed by atoms with Crippen LogP contribution in [0, 0.1) is 0 Å². The zero-order valence-corrected chi connectivity index (χ0v) is 10.6. The number of carbonyl (C=O) groups excluding carboxylic acids is 1. The molecule has 1 atom stereocenters. The molecule has 2 rings (SSSR count). The third-order valence-corrected chi connectivity index (χ3v) is 3.56. The van der Waals surface area contributed by atoms with Gasteiger partial charge in [-0.2, -0.15) is 0 Å². The summed E-state index contributed by atoms with van der Waals surface area (Å²) >= 11 is 1.19. The fraction of sp³-hybridized carbons (Fsp3) is 0.231. The molecule has 0 spiro atoms. The molecule has 94 valence electrons. The topological polar surface area (TPSA) is 63.6 Å². The van der Waals surface area contributed by atoms with E-state index in [1.54, 1.807) is 0 Å². The number of benzene rings is 1. The van der Waals surface area contributed by atoms with Crippen molar-refractivity contribution in [1.29, 1.82) is 0 Å². The number of thioether (sulfide) groups is 1. The molecule has 1 aromatic rings. The Kier molecular flexibility index (Phi) is 3.72. The molecule has 1 N–H and O–H groups in total. The molecule has 1 aromatic carbocycles. The van der Waals surface area contributed by atoms with Crippen molar-refractivity contribution in [2.45, 2.75) is 18.8 Å². The van der Waals surface area contributed by atoms with Crippen molar-refractivity contribution < 1.29 is 19.4 Å². The van der Waals surface area contributed by atoms with E-state index < -0.39 is 12.1 Å². The highest BCUT2D eigenvalue weighted by Crippen LogP contribution is 2.33. The normalized spacial score (nSPS) is 18.3. The number of hydrogen-bond donors (Lipinski definition) is 1. The van der Waals surface area contributed by atoms with Gasteiger partial charge in [-0.3, -0.25) is 4.79 Å². The lowest BCUT2D eigenvalue weighted by molar-refractivity contribution is -0.145. The summed E-state index contributed by atoms with van der Waals surface area (Å²) in [6, 6.07) is 7.54. The van der Waals surface area contributed by atoms with Gasteiger partial charge in [-0.25, -0.2) is 4.79 Å². The standard InChI is InChI=1S/C13H12O4S/c1-8(12(14)15)17-6-11-10-5-3-2-4-9(10)7-18-13(11)16/h2-6,8H,7H2,1H3,(H,14,15)/b11-6+. The van der Waals surface area contributed by atoms with E-state index in [4.69, 9.17) is 9.84 Å². The third-order valence-electron chi connectivity index (χ3n) is 2.62. The average Bonchev–Trinajstić information content (AvgIpc) is 2.37. The molecule has 0 fully saturated rings. The molecule has 1 unspecified atom stereocenters. The average molecular weight is 264 g/mol. The molecule has 1 aliphatic rings. The Morgan fingerprint density at radius 3 is 2.94 bits per heavy atom. The molecule has 0 saturated heterocycles. The van der Waals surface area contributed by atoms with Crippen LogP contribution in [-0.2, 0) is 20.1 Å². The molecule has 0 aromatic heterocycles. The van der Waals surface area contributed by atoms with Gasteiger partial charge in [0.2, 0.25) is 5.12 Å². The summed E-state index contributed by atoms with van der Waals surface area (Å²) in [6.45, 7) is 1.42. The van der Waals surface area contributed by atoms with Crippen LogP contribution in [0.15, 0.2) is 30.5 Å². The van der Waals surface area contributed by atoms with E-state index in [0.29, 0.717) is 11.3 Å². The predicted molar refractivity (Wildman–Crippen MR) is 68.9 cm³/mol. The van der Waals surface area contributed by atoms with Crippen molar-refractivity contribution in [3.8, 4) is 0 Å². The van der Waals surface area contributed by atoms with Gasteiger partial charge in [0.1, 0.15) is 0 Å². The summed E-state index contributed by atoms with van der Waals surface area (Å²) in [5.41, 5.74) is 2.30. The summed E-state index contributed by atoms with van der Waals surface area (Å²) in [6.07, 6.45) is 0.288. The summed E-state index contributed by atoms with van der Waals surface area (Å²) < 4.78 is 5.07. The number of carboxylic acids is 1. The Labute approximate surface area is 109 Å². The van der Waals surface area contributed by atoms with Gasteiger partial charge in [0, 0.05) is 5.75 Å². The Hall–Kier alpha value is -1.75. The highest BCUT2D eigenvalue weighted by molar-refractivity contribution is 8.14. The van der Waals surface area contributed by atoms with Gasteiger partial charge in [-0.1, -0.05) is 36.0 Å². The first-order valence-corrected chi connectivity index (χ1v) is 6.42. The van der Waals surface area contributed by atoms with Crippen LogP contribution in [0.4, 0.5) is 0 Å². The van der Waals surface area contributed by atoms with Crippen LogP contribution in [0.1, 0.15) is 18.1 Å². The molecule has 1 aliphatic heterocycles. The lowest BCUT2D eigenvalue weighted by Gasteiger charge is -2.17. The second kappa shape index (κ2) is 5.27. The number of hydrogen-bond acceptors (Lipinski definition) is 4. The van der Waals surface area contributed by atoms with Crippen LogP contribution in [0.3, 0.4) is 0 Å². The van der Waals surface area contributed by atoms with Gasteiger partial charge in [0.15, 0.2) is 6.10 Å². The van der Waals surface area contributed by atoms with Gasteiger partial charge < -0.3 is 9.84 Å². The molecule has 0 radical (unpaired) electrons. The quantitative estimate of drug-likeness (QED) is 0.670. The smallest absolute Gasteiger partial charge is 0.344 e. The molecule has 0 bridgehead atoms. The van der Waals surface area contributed by atoms with E-state index in [-0.39, 0.29) is 5.12 Å². The lowest BCUT2D eigenvalue weighted by atomic mass is 10.0. The predicted octanol–water partition coefficient (Wildman–Crippen LogP) is 2.29. The van der Waals surface area contributed by atoms with Gasteiger partial charge in [0.25, 0.3) is 0 Å². The largest absolute Gasteiger partial charge is 0.486 e. The van der Waals surface area contributed by atoms with Crippen molar-refractivity contribution in [1.82, 2.24) is 0 Å². The summed E-state index contributed by atoms with van der Waals surface area (Å²) in [7, 11) is 0. The molecule has 0 aliphatic carbocycles. The highest BCUT2D eigenvalue weighted by atomic mass is 32.2. The first-order valence-electron chi connectivity index (χ1n) is 5.43. The van der Waals surface area contributed by atoms with Crippen LogP contribution in [0.5, 0.6) is 0 Å². The Bertz CT molecular complexity index is 521. The summed E-state index contributed by atoms with van der Waals surface area (Å²) in [5.74, 6) is -0.420. The minimum atomic E-state index is -1.06. The van der Waals surface area contributed by atoms with Crippen molar-refractivity contribution >= 4 is 28.4 Å². The molecule has 1 heterocycles. The van der Waals surface area contributed by atoms with Gasteiger partial charge in [-0.05, 0) is 18.1 Å². The highest BCUT2D eigenvalue weighted by Gasteiger charge is 2.23. The van der Waals surface area contributed by atoms with Crippen molar-refractivity contribution in [2.24, 2.45) is 0 Å². The van der Waals surface area contributed by atoms with E-state index in [9.17, 15) is 9.59 Å². The first kappa shape index (κ1) is 12.7. The van der Waals surface area contributed by atoms with E-state index in [1.165, 1.54) is 24.9 Å². The maximum Gasteiger partial charge on any atom is 0.344 e. The van der Waals surface area contributed by atoms with Crippen LogP contribution in [-0.4, -0.2) is 22.3 Å². The van der Waals surface area contributed by atoms with E-state index in [2.05, 4.69) is 0 Å². The number of rotatable bonds is 3. The van der Waals surface area contributed by atoms with Gasteiger partial charge in [-0.15, -0.1) is 0 Å². The summed E-state index contributed by atoms with van der Waals surface area (Å²) in [4.78, 5) is 22.5. The molecule has 18 heavy (non-hydrogen) atoms. The van der Waals surface area contributed by atoms with Gasteiger partial charge >= 0.3 is 5.97 Å². The maximum atomic E-state index is 11.8. The number of fused-ring (bicyclic) bond motifs is 1. The number of carboxylic acid groups (broad SMARTS) is 1. The monoisotopic (exact) mass is 264 g/mol. The van der Waals surface area contributed by atoms with Crippen molar-refractivity contribution in [2.75, 3.05) is 0 Å². The fourth-order valence-corrected chi connectivity index (χ4v) is 2.43. The summed E-state index contributed by atoms with van der Waals surface area (Å²) in [5, 5.41) is 8.64. The third kappa shape index (κ3) is 2.56.